The van der Waals surface area contributed by atoms with Crippen LogP contribution in [-0.2, 0) is 0 Å². The van der Waals surface area contributed by atoms with Crippen LogP contribution in [0, 0.1) is 0 Å². The highest BCUT2D eigenvalue weighted by Gasteiger charge is 2.30. The zero-order chi connectivity index (χ0) is 11.7. The zero-order valence-corrected chi connectivity index (χ0v) is 10.3. The van der Waals surface area contributed by atoms with E-state index in [0.29, 0.717) is 5.95 Å². The number of rotatable bonds is 2. The van der Waals surface area contributed by atoms with Crippen molar-refractivity contribution in [1.82, 2.24) is 14.9 Å². The fourth-order valence-electron chi connectivity index (χ4n) is 2.84. The SMILES string of the molecule is CNc1nccc(N2CCN3CCCC3C2)n1. The number of anilines is 2. The van der Waals surface area contributed by atoms with Gasteiger partial charge < -0.3 is 10.2 Å². The number of piperazine rings is 1. The van der Waals surface area contributed by atoms with Crippen LogP contribution in [0.4, 0.5) is 11.8 Å². The van der Waals surface area contributed by atoms with E-state index in [1.54, 1.807) is 0 Å². The van der Waals surface area contributed by atoms with Crippen molar-refractivity contribution in [2.75, 3.05) is 43.4 Å². The Hall–Kier alpha value is -1.36. The van der Waals surface area contributed by atoms with E-state index in [1.165, 1.54) is 25.9 Å². The fraction of sp³-hybridized carbons (Fsp3) is 0.667. The van der Waals surface area contributed by atoms with Crippen LogP contribution in [0.1, 0.15) is 12.8 Å². The summed E-state index contributed by atoms with van der Waals surface area (Å²) < 4.78 is 0. The zero-order valence-electron chi connectivity index (χ0n) is 10.3. The molecule has 5 heteroatoms. The summed E-state index contributed by atoms with van der Waals surface area (Å²) in [7, 11) is 1.86. The van der Waals surface area contributed by atoms with Gasteiger partial charge in [-0.25, -0.2) is 4.98 Å². The molecule has 3 heterocycles. The van der Waals surface area contributed by atoms with Gasteiger partial charge >= 0.3 is 0 Å². The second-order valence-electron chi connectivity index (χ2n) is 4.77. The van der Waals surface area contributed by atoms with E-state index in [1.807, 2.05) is 19.3 Å². The molecular formula is C12H19N5. The molecule has 1 aromatic heterocycles. The minimum atomic E-state index is 0.705. The Balaban J connectivity index is 1.75. The number of aromatic nitrogens is 2. The van der Waals surface area contributed by atoms with Crippen LogP contribution in [0.15, 0.2) is 12.3 Å². The van der Waals surface area contributed by atoms with Crippen LogP contribution < -0.4 is 10.2 Å². The fourth-order valence-corrected chi connectivity index (χ4v) is 2.84. The number of nitrogens with zero attached hydrogens (tertiary/aromatic N) is 4. The van der Waals surface area contributed by atoms with Crippen molar-refractivity contribution in [3.05, 3.63) is 12.3 Å². The van der Waals surface area contributed by atoms with Crippen LogP contribution in [0.5, 0.6) is 0 Å². The second-order valence-corrected chi connectivity index (χ2v) is 4.77. The summed E-state index contributed by atoms with van der Waals surface area (Å²) in [6.45, 7) is 4.64. The minimum absolute atomic E-state index is 0.705. The third kappa shape index (κ3) is 2.07. The Kier molecular flexibility index (Phi) is 2.84. The molecule has 0 saturated carbocycles. The van der Waals surface area contributed by atoms with Crippen molar-refractivity contribution >= 4 is 11.8 Å². The molecule has 5 nitrogen and oxygen atoms in total. The van der Waals surface area contributed by atoms with Crippen molar-refractivity contribution in [2.45, 2.75) is 18.9 Å². The van der Waals surface area contributed by atoms with Gasteiger partial charge in [-0.3, -0.25) is 4.90 Å². The van der Waals surface area contributed by atoms with E-state index in [2.05, 4.69) is 25.1 Å². The van der Waals surface area contributed by atoms with Gasteiger partial charge in [0.1, 0.15) is 5.82 Å². The standard InChI is InChI=1S/C12H19N5/c1-13-12-14-5-4-11(15-12)17-8-7-16-6-2-3-10(16)9-17/h4-5,10H,2-3,6-9H2,1H3,(H,13,14,15). The summed E-state index contributed by atoms with van der Waals surface area (Å²) in [6.07, 6.45) is 4.51. The predicted molar refractivity (Wildman–Crippen MR) is 68.4 cm³/mol. The van der Waals surface area contributed by atoms with E-state index in [9.17, 15) is 0 Å². The first-order valence-electron chi connectivity index (χ1n) is 6.36. The summed E-state index contributed by atoms with van der Waals surface area (Å²) in [5.74, 6) is 1.76. The lowest BCUT2D eigenvalue weighted by Gasteiger charge is -2.38. The van der Waals surface area contributed by atoms with Gasteiger partial charge in [0.2, 0.25) is 5.95 Å². The van der Waals surface area contributed by atoms with Gasteiger partial charge in [-0.1, -0.05) is 0 Å². The van der Waals surface area contributed by atoms with Crippen molar-refractivity contribution in [1.29, 1.82) is 0 Å². The van der Waals surface area contributed by atoms with Gasteiger partial charge in [0, 0.05) is 38.9 Å². The second kappa shape index (κ2) is 4.49. The first-order valence-corrected chi connectivity index (χ1v) is 6.36. The molecule has 0 bridgehead atoms. The van der Waals surface area contributed by atoms with Crippen molar-refractivity contribution in [2.24, 2.45) is 0 Å². The smallest absolute Gasteiger partial charge is 0.224 e. The van der Waals surface area contributed by atoms with Gasteiger partial charge in [-0.2, -0.15) is 4.98 Å². The van der Waals surface area contributed by atoms with Gasteiger partial charge in [0.25, 0.3) is 0 Å². The molecule has 3 rings (SSSR count). The third-order valence-corrected chi connectivity index (χ3v) is 3.78. The maximum atomic E-state index is 4.51. The van der Waals surface area contributed by atoms with E-state index >= 15 is 0 Å². The molecule has 0 aliphatic carbocycles. The predicted octanol–water partition coefficient (Wildman–Crippen LogP) is 0.803. The molecule has 1 unspecified atom stereocenters. The lowest BCUT2D eigenvalue weighted by atomic mass is 10.1. The molecule has 1 atom stereocenters. The summed E-state index contributed by atoms with van der Waals surface area (Å²) in [5.41, 5.74) is 0. The number of hydrogen-bond donors (Lipinski definition) is 1. The lowest BCUT2D eigenvalue weighted by Crippen LogP contribution is -2.50. The minimum Gasteiger partial charge on any atom is -0.357 e. The monoisotopic (exact) mass is 233 g/mol. The molecule has 1 aromatic rings. The highest BCUT2D eigenvalue weighted by molar-refractivity contribution is 5.43. The number of nitrogens with one attached hydrogen (secondary N) is 1. The Morgan fingerprint density at radius 3 is 3.18 bits per heavy atom. The van der Waals surface area contributed by atoms with E-state index in [0.717, 1.165) is 24.9 Å². The van der Waals surface area contributed by atoms with Crippen molar-refractivity contribution in [3.8, 4) is 0 Å². The maximum absolute atomic E-state index is 4.51. The number of hydrogen-bond acceptors (Lipinski definition) is 5. The molecule has 0 aromatic carbocycles. The molecule has 2 fully saturated rings. The average Bonchev–Trinajstić information content (AvgIpc) is 2.86. The highest BCUT2D eigenvalue weighted by atomic mass is 15.3. The van der Waals surface area contributed by atoms with Crippen LogP contribution in [0.3, 0.4) is 0 Å². The molecule has 2 saturated heterocycles. The Labute approximate surface area is 102 Å². The molecule has 17 heavy (non-hydrogen) atoms. The molecular weight excluding hydrogens is 214 g/mol. The van der Waals surface area contributed by atoms with Crippen LogP contribution in [-0.4, -0.2) is 54.1 Å². The van der Waals surface area contributed by atoms with Crippen molar-refractivity contribution in [3.63, 3.8) is 0 Å². The molecule has 0 spiro atoms. The largest absolute Gasteiger partial charge is 0.357 e. The Bertz CT molecular complexity index is 394. The topological polar surface area (TPSA) is 44.3 Å². The average molecular weight is 233 g/mol. The summed E-state index contributed by atoms with van der Waals surface area (Å²) in [4.78, 5) is 13.7. The number of fused-ring (bicyclic) bond motifs is 1. The summed E-state index contributed by atoms with van der Waals surface area (Å²) in [6, 6.07) is 2.74. The van der Waals surface area contributed by atoms with Crippen LogP contribution >= 0.6 is 0 Å². The quantitative estimate of drug-likeness (QED) is 0.818. The van der Waals surface area contributed by atoms with E-state index in [4.69, 9.17) is 0 Å². The van der Waals surface area contributed by atoms with Gasteiger partial charge in [-0.15, -0.1) is 0 Å². The van der Waals surface area contributed by atoms with E-state index in [-0.39, 0.29) is 0 Å². The molecule has 1 N–H and O–H groups in total. The maximum Gasteiger partial charge on any atom is 0.224 e. The highest BCUT2D eigenvalue weighted by Crippen LogP contribution is 2.24. The molecule has 2 aliphatic rings. The van der Waals surface area contributed by atoms with Gasteiger partial charge in [0.05, 0.1) is 0 Å². The first kappa shape index (κ1) is 10.8. The Morgan fingerprint density at radius 2 is 2.29 bits per heavy atom. The van der Waals surface area contributed by atoms with Crippen molar-refractivity contribution < 1.29 is 0 Å². The molecule has 0 radical (unpaired) electrons. The molecule has 0 amide bonds. The molecule has 2 aliphatic heterocycles. The lowest BCUT2D eigenvalue weighted by molar-refractivity contribution is 0.230. The van der Waals surface area contributed by atoms with Crippen LogP contribution in [0.25, 0.3) is 0 Å². The van der Waals surface area contributed by atoms with E-state index < -0.39 is 0 Å². The summed E-state index contributed by atoms with van der Waals surface area (Å²) >= 11 is 0. The normalized spacial score (nSPS) is 24.8. The first-order chi connectivity index (χ1) is 8.36. The van der Waals surface area contributed by atoms with Gasteiger partial charge in [0.15, 0.2) is 0 Å². The third-order valence-electron chi connectivity index (χ3n) is 3.78. The van der Waals surface area contributed by atoms with Gasteiger partial charge in [-0.05, 0) is 25.5 Å². The Morgan fingerprint density at radius 1 is 1.35 bits per heavy atom. The van der Waals surface area contributed by atoms with Crippen LogP contribution in [0.2, 0.25) is 0 Å². The summed E-state index contributed by atoms with van der Waals surface area (Å²) in [5, 5.41) is 2.99. The molecule has 92 valence electrons.